The minimum Gasteiger partial charge on any atom is -0.490 e. The molecule has 0 bridgehead atoms. The van der Waals surface area contributed by atoms with Crippen LogP contribution in [0.2, 0.25) is 0 Å². The van der Waals surface area contributed by atoms with Crippen molar-refractivity contribution in [2.75, 3.05) is 31.6 Å². The number of nitrogens with one attached hydrogen (secondary N) is 1. The van der Waals surface area contributed by atoms with E-state index in [1.807, 2.05) is 24.3 Å². The highest BCUT2D eigenvalue weighted by Crippen LogP contribution is 2.29. The summed E-state index contributed by atoms with van der Waals surface area (Å²) in [6.07, 6.45) is 4.36. The van der Waals surface area contributed by atoms with Crippen LogP contribution in [0.4, 0.5) is 5.69 Å². The molecule has 0 saturated heterocycles. The Morgan fingerprint density at radius 1 is 1.23 bits per heavy atom. The van der Waals surface area contributed by atoms with Crippen LogP contribution in [-0.4, -0.2) is 37.0 Å². The van der Waals surface area contributed by atoms with Crippen molar-refractivity contribution in [2.45, 2.75) is 39.5 Å². The molecule has 0 aromatic heterocycles. The predicted molar refractivity (Wildman–Crippen MR) is 90.3 cm³/mol. The van der Waals surface area contributed by atoms with Gasteiger partial charge in [-0.2, -0.15) is 0 Å². The first-order valence-corrected chi connectivity index (χ1v) is 8.49. The molecule has 0 atom stereocenters. The van der Waals surface area contributed by atoms with E-state index in [1.54, 1.807) is 0 Å². The summed E-state index contributed by atoms with van der Waals surface area (Å²) >= 11 is 0. The Morgan fingerprint density at radius 3 is 2.59 bits per heavy atom. The molecule has 1 saturated carbocycles. The van der Waals surface area contributed by atoms with E-state index in [0.717, 1.165) is 43.9 Å². The molecule has 1 aromatic carbocycles. The number of likely N-dealkylation sites (N-methyl/N-ethyl adjacent to an activating group) is 1. The molecule has 1 aliphatic rings. The fraction of sp³-hybridized carbons (Fsp3) is 0.611. The first-order chi connectivity index (χ1) is 10.7. The Kier molecular flexibility index (Phi) is 6.72. The Labute approximate surface area is 133 Å². The fourth-order valence-electron chi connectivity index (χ4n) is 2.94. The van der Waals surface area contributed by atoms with E-state index in [1.165, 1.54) is 12.8 Å². The maximum absolute atomic E-state index is 12.3. The second-order valence-electron chi connectivity index (χ2n) is 5.84. The van der Waals surface area contributed by atoms with E-state index in [4.69, 9.17) is 4.74 Å². The van der Waals surface area contributed by atoms with Crippen molar-refractivity contribution in [3.8, 4) is 5.75 Å². The van der Waals surface area contributed by atoms with Crippen LogP contribution in [0.25, 0.3) is 0 Å². The molecular weight excluding hydrogens is 276 g/mol. The molecule has 0 heterocycles. The number of rotatable bonds is 8. The number of benzene rings is 1. The lowest BCUT2D eigenvalue weighted by atomic mass is 10.1. The summed E-state index contributed by atoms with van der Waals surface area (Å²) in [7, 11) is 0. The number of para-hydroxylation sites is 2. The number of nitrogens with zero attached hydrogens (tertiary/aromatic N) is 1. The van der Waals surface area contributed by atoms with Gasteiger partial charge in [-0.1, -0.05) is 38.8 Å². The first kappa shape index (κ1) is 16.8. The van der Waals surface area contributed by atoms with Crippen LogP contribution in [0.5, 0.6) is 5.75 Å². The van der Waals surface area contributed by atoms with Crippen molar-refractivity contribution in [1.82, 2.24) is 4.90 Å². The highest BCUT2D eigenvalue weighted by molar-refractivity contribution is 5.94. The molecule has 0 aliphatic heterocycles. The summed E-state index contributed by atoms with van der Waals surface area (Å²) in [4.78, 5) is 14.6. The largest absolute Gasteiger partial charge is 0.490 e. The molecule has 1 fully saturated rings. The van der Waals surface area contributed by atoms with E-state index in [-0.39, 0.29) is 11.8 Å². The average Bonchev–Trinajstić information content (AvgIpc) is 3.07. The van der Waals surface area contributed by atoms with E-state index in [0.29, 0.717) is 6.61 Å². The lowest BCUT2D eigenvalue weighted by molar-refractivity contribution is -0.119. The standard InChI is InChI=1S/C18H28N2O2/c1-3-20(4-2)13-14-22-17-12-8-7-11-16(17)19-18(21)15-9-5-6-10-15/h7-8,11-12,15H,3-6,9-10,13-14H2,1-2H3,(H,19,21). The highest BCUT2D eigenvalue weighted by Gasteiger charge is 2.23. The molecule has 4 heteroatoms. The van der Waals surface area contributed by atoms with Crippen LogP contribution in [0.1, 0.15) is 39.5 Å². The molecule has 1 N–H and O–H groups in total. The van der Waals surface area contributed by atoms with Crippen molar-refractivity contribution >= 4 is 11.6 Å². The molecule has 0 spiro atoms. The fourth-order valence-corrected chi connectivity index (χ4v) is 2.94. The van der Waals surface area contributed by atoms with Gasteiger partial charge >= 0.3 is 0 Å². The van der Waals surface area contributed by atoms with Crippen LogP contribution >= 0.6 is 0 Å². The summed E-state index contributed by atoms with van der Waals surface area (Å²) in [5, 5.41) is 3.04. The Morgan fingerprint density at radius 2 is 1.91 bits per heavy atom. The van der Waals surface area contributed by atoms with E-state index >= 15 is 0 Å². The topological polar surface area (TPSA) is 41.6 Å². The predicted octanol–water partition coefficient (Wildman–Crippen LogP) is 3.54. The molecule has 4 nitrogen and oxygen atoms in total. The first-order valence-electron chi connectivity index (χ1n) is 8.49. The zero-order valence-electron chi connectivity index (χ0n) is 13.8. The third-order valence-electron chi connectivity index (χ3n) is 4.43. The minimum absolute atomic E-state index is 0.136. The van der Waals surface area contributed by atoms with E-state index < -0.39 is 0 Å². The lowest BCUT2D eigenvalue weighted by Crippen LogP contribution is -2.28. The number of ether oxygens (including phenoxy) is 1. The summed E-state index contributed by atoms with van der Waals surface area (Å²) in [5.41, 5.74) is 0.791. The Bertz CT molecular complexity index is 466. The van der Waals surface area contributed by atoms with Crippen LogP contribution in [0.15, 0.2) is 24.3 Å². The smallest absolute Gasteiger partial charge is 0.227 e. The van der Waals surface area contributed by atoms with Gasteiger partial charge < -0.3 is 15.0 Å². The third-order valence-corrected chi connectivity index (χ3v) is 4.43. The van der Waals surface area contributed by atoms with Gasteiger partial charge in [-0.05, 0) is 38.1 Å². The molecule has 1 aromatic rings. The second-order valence-corrected chi connectivity index (χ2v) is 5.84. The average molecular weight is 304 g/mol. The number of carbonyl (C=O) groups is 1. The van der Waals surface area contributed by atoms with Gasteiger partial charge in [-0.15, -0.1) is 0 Å². The molecule has 0 radical (unpaired) electrons. The van der Waals surface area contributed by atoms with E-state index in [2.05, 4.69) is 24.1 Å². The number of hydrogen-bond acceptors (Lipinski definition) is 3. The molecule has 22 heavy (non-hydrogen) atoms. The summed E-state index contributed by atoms with van der Waals surface area (Å²) in [5.74, 6) is 1.07. The summed E-state index contributed by atoms with van der Waals surface area (Å²) < 4.78 is 5.88. The molecule has 122 valence electrons. The summed E-state index contributed by atoms with van der Waals surface area (Å²) in [6, 6.07) is 7.71. The molecule has 1 amide bonds. The number of carbonyl (C=O) groups excluding carboxylic acids is 1. The SMILES string of the molecule is CCN(CC)CCOc1ccccc1NC(=O)C1CCCC1. The van der Waals surface area contributed by atoms with Gasteiger partial charge in [0, 0.05) is 12.5 Å². The van der Waals surface area contributed by atoms with Gasteiger partial charge in [-0.3, -0.25) is 4.79 Å². The van der Waals surface area contributed by atoms with Crippen molar-refractivity contribution in [2.24, 2.45) is 5.92 Å². The van der Waals surface area contributed by atoms with Crippen LogP contribution in [0, 0.1) is 5.92 Å². The van der Waals surface area contributed by atoms with E-state index in [9.17, 15) is 4.79 Å². The normalized spacial score (nSPS) is 15.2. The Hall–Kier alpha value is -1.55. The second kappa shape index (κ2) is 8.79. The van der Waals surface area contributed by atoms with Crippen molar-refractivity contribution in [3.05, 3.63) is 24.3 Å². The third kappa shape index (κ3) is 4.73. The van der Waals surface area contributed by atoms with Crippen LogP contribution in [-0.2, 0) is 4.79 Å². The molecule has 0 unspecified atom stereocenters. The maximum atomic E-state index is 12.3. The quantitative estimate of drug-likeness (QED) is 0.799. The summed E-state index contributed by atoms with van der Waals surface area (Å²) in [6.45, 7) is 7.90. The highest BCUT2D eigenvalue weighted by atomic mass is 16.5. The Balaban J connectivity index is 1.90. The van der Waals surface area contributed by atoms with Crippen LogP contribution in [0.3, 0.4) is 0 Å². The van der Waals surface area contributed by atoms with Crippen molar-refractivity contribution in [1.29, 1.82) is 0 Å². The zero-order chi connectivity index (χ0) is 15.8. The van der Waals surface area contributed by atoms with Gasteiger partial charge in [0.2, 0.25) is 5.91 Å². The number of amides is 1. The number of anilines is 1. The lowest BCUT2D eigenvalue weighted by Gasteiger charge is -2.19. The van der Waals surface area contributed by atoms with Gasteiger partial charge in [-0.25, -0.2) is 0 Å². The van der Waals surface area contributed by atoms with Crippen molar-refractivity contribution in [3.63, 3.8) is 0 Å². The molecular formula is C18H28N2O2. The number of hydrogen-bond donors (Lipinski definition) is 1. The minimum atomic E-state index is 0.136. The monoisotopic (exact) mass is 304 g/mol. The molecule has 1 aliphatic carbocycles. The maximum Gasteiger partial charge on any atom is 0.227 e. The van der Waals surface area contributed by atoms with Crippen LogP contribution < -0.4 is 10.1 Å². The zero-order valence-corrected chi connectivity index (χ0v) is 13.8. The van der Waals surface area contributed by atoms with Crippen molar-refractivity contribution < 1.29 is 9.53 Å². The van der Waals surface area contributed by atoms with Gasteiger partial charge in [0.25, 0.3) is 0 Å². The van der Waals surface area contributed by atoms with Gasteiger partial charge in [0.15, 0.2) is 0 Å². The molecule has 2 rings (SSSR count). The van der Waals surface area contributed by atoms with Gasteiger partial charge in [0.1, 0.15) is 12.4 Å². The van der Waals surface area contributed by atoms with Gasteiger partial charge in [0.05, 0.1) is 5.69 Å².